The van der Waals surface area contributed by atoms with Crippen LogP contribution in [-0.2, 0) is 0 Å². The van der Waals surface area contributed by atoms with Crippen LogP contribution < -0.4 is 5.32 Å². The third kappa shape index (κ3) is 2.56. The number of aromatic nitrogens is 2. The third-order valence-corrected chi connectivity index (χ3v) is 3.39. The van der Waals surface area contributed by atoms with Gasteiger partial charge in [-0.2, -0.15) is 0 Å². The lowest BCUT2D eigenvalue weighted by Gasteiger charge is -2.17. The van der Waals surface area contributed by atoms with Crippen molar-refractivity contribution >= 4 is 11.1 Å². The van der Waals surface area contributed by atoms with E-state index in [1.807, 2.05) is 36.4 Å². The average molecular weight is 267 g/mol. The SMILES string of the molecule is C[C@H](N[C@@H](C)c1nc2ccccc2o1)c1ccncc1. The van der Waals surface area contributed by atoms with Crippen LogP contribution in [0, 0.1) is 0 Å². The summed E-state index contributed by atoms with van der Waals surface area (Å²) in [6.45, 7) is 4.18. The van der Waals surface area contributed by atoms with Gasteiger partial charge in [-0.15, -0.1) is 0 Å². The minimum absolute atomic E-state index is 0.0468. The van der Waals surface area contributed by atoms with Gasteiger partial charge in [0.15, 0.2) is 5.58 Å². The van der Waals surface area contributed by atoms with E-state index in [1.54, 1.807) is 12.4 Å². The summed E-state index contributed by atoms with van der Waals surface area (Å²) in [5.41, 5.74) is 2.92. The summed E-state index contributed by atoms with van der Waals surface area (Å²) in [7, 11) is 0. The van der Waals surface area contributed by atoms with Crippen molar-refractivity contribution in [2.75, 3.05) is 0 Å². The first-order valence-corrected chi connectivity index (χ1v) is 6.75. The molecule has 0 saturated carbocycles. The molecule has 4 nitrogen and oxygen atoms in total. The first-order valence-electron chi connectivity index (χ1n) is 6.75. The zero-order valence-corrected chi connectivity index (χ0v) is 11.6. The van der Waals surface area contributed by atoms with Crippen molar-refractivity contribution in [1.82, 2.24) is 15.3 Å². The molecule has 102 valence electrons. The summed E-state index contributed by atoms with van der Waals surface area (Å²) in [5.74, 6) is 0.715. The normalized spacial score (nSPS) is 14.3. The Morgan fingerprint density at radius 1 is 1.00 bits per heavy atom. The number of benzene rings is 1. The number of para-hydroxylation sites is 2. The quantitative estimate of drug-likeness (QED) is 0.784. The Labute approximate surface area is 117 Å². The first kappa shape index (κ1) is 12.8. The molecule has 0 aliphatic rings. The Balaban J connectivity index is 1.77. The summed E-state index contributed by atoms with van der Waals surface area (Å²) < 4.78 is 5.78. The Hall–Kier alpha value is -2.20. The summed E-state index contributed by atoms with van der Waals surface area (Å²) in [6, 6.07) is 12.1. The molecular weight excluding hydrogens is 250 g/mol. The van der Waals surface area contributed by atoms with Gasteiger partial charge in [0.05, 0.1) is 6.04 Å². The van der Waals surface area contributed by atoms with Gasteiger partial charge in [-0.05, 0) is 43.7 Å². The van der Waals surface area contributed by atoms with E-state index in [0.29, 0.717) is 5.89 Å². The number of rotatable bonds is 4. The molecule has 0 bridgehead atoms. The second kappa shape index (κ2) is 5.43. The van der Waals surface area contributed by atoms with Crippen LogP contribution in [0.3, 0.4) is 0 Å². The predicted molar refractivity (Wildman–Crippen MR) is 78.2 cm³/mol. The van der Waals surface area contributed by atoms with Crippen LogP contribution in [0.1, 0.15) is 37.4 Å². The standard InChI is InChI=1S/C16H17N3O/c1-11(13-7-9-17-10-8-13)18-12(2)16-19-14-5-3-4-6-15(14)20-16/h3-12,18H,1-2H3/t11-,12-/m0/s1. The highest BCUT2D eigenvalue weighted by molar-refractivity contribution is 5.72. The summed E-state index contributed by atoms with van der Waals surface area (Å²) in [5, 5.41) is 3.49. The van der Waals surface area contributed by atoms with E-state index in [9.17, 15) is 0 Å². The molecule has 2 heterocycles. The number of nitrogens with zero attached hydrogens (tertiary/aromatic N) is 2. The van der Waals surface area contributed by atoms with Gasteiger partial charge < -0.3 is 4.42 Å². The lowest BCUT2D eigenvalue weighted by molar-refractivity contribution is 0.403. The number of fused-ring (bicyclic) bond motifs is 1. The molecule has 0 fully saturated rings. The summed E-state index contributed by atoms with van der Waals surface area (Å²) >= 11 is 0. The molecule has 0 amide bonds. The van der Waals surface area contributed by atoms with Gasteiger partial charge in [0.25, 0.3) is 0 Å². The highest BCUT2D eigenvalue weighted by atomic mass is 16.3. The zero-order chi connectivity index (χ0) is 13.9. The molecule has 0 unspecified atom stereocenters. The van der Waals surface area contributed by atoms with E-state index in [1.165, 1.54) is 5.56 Å². The average Bonchev–Trinajstić information content (AvgIpc) is 2.92. The molecule has 0 aliphatic heterocycles. The summed E-state index contributed by atoms with van der Waals surface area (Å²) in [4.78, 5) is 8.55. The van der Waals surface area contributed by atoms with Crippen molar-refractivity contribution in [1.29, 1.82) is 0 Å². The number of nitrogens with one attached hydrogen (secondary N) is 1. The molecule has 0 saturated heterocycles. The van der Waals surface area contributed by atoms with Gasteiger partial charge in [-0.3, -0.25) is 10.3 Å². The maximum Gasteiger partial charge on any atom is 0.212 e. The van der Waals surface area contributed by atoms with Gasteiger partial charge >= 0.3 is 0 Å². The zero-order valence-electron chi connectivity index (χ0n) is 11.6. The van der Waals surface area contributed by atoms with Crippen LogP contribution in [0.25, 0.3) is 11.1 Å². The molecular formula is C16H17N3O. The molecule has 1 aromatic carbocycles. The Morgan fingerprint density at radius 2 is 1.75 bits per heavy atom. The van der Waals surface area contributed by atoms with E-state index in [2.05, 4.69) is 29.1 Å². The monoisotopic (exact) mass is 267 g/mol. The second-order valence-electron chi connectivity index (χ2n) is 4.91. The summed E-state index contributed by atoms with van der Waals surface area (Å²) in [6.07, 6.45) is 3.61. The van der Waals surface area contributed by atoms with E-state index in [4.69, 9.17) is 4.42 Å². The molecule has 20 heavy (non-hydrogen) atoms. The highest BCUT2D eigenvalue weighted by Crippen LogP contribution is 2.22. The van der Waals surface area contributed by atoms with Gasteiger partial charge in [0.2, 0.25) is 5.89 Å². The number of hydrogen-bond donors (Lipinski definition) is 1. The van der Waals surface area contributed by atoms with Crippen molar-refractivity contribution in [3.63, 3.8) is 0 Å². The lowest BCUT2D eigenvalue weighted by Crippen LogP contribution is -2.22. The fourth-order valence-corrected chi connectivity index (χ4v) is 2.27. The van der Waals surface area contributed by atoms with E-state index in [-0.39, 0.29) is 12.1 Å². The van der Waals surface area contributed by atoms with Gasteiger partial charge in [0, 0.05) is 18.4 Å². The van der Waals surface area contributed by atoms with E-state index in [0.717, 1.165) is 11.1 Å². The fraction of sp³-hybridized carbons (Fsp3) is 0.250. The van der Waals surface area contributed by atoms with Crippen molar-refractivity contribution in [2.45, 2.75) is 25.9 Å². The number of pyridine rings is 1. The smallest absolute Gasteiger partial charge is 0.212 e. The van der Waals surface area contributed by atoms with Crippen LogP contribution in [-0.4, -0.2) is 9.97 Å². The molecule has 4 heteroatoms. The van der Waals surface area contributed by atoms with Crippen molar-refractivity contribution in [2.24, 2.45) is 0 Å². The van der Waals surface area contributed by atoms with Crippen LogP contribution in [0.15, 0.2) is 53.2 Å². The first-order chi connectivity index (χ1) is 9.74. The van der Waals surface area contributed by atoms with Gasteiger partial charge in [-0.25, -0.2) is 4.98 Å². The van der Waals surface area contributed by atoms with Gasteiger partial charge in [-0.1, -0.05) is 12.1 Å². The molecule has 0 spiro atoms. The Kier molecular flexibility index (Phi) is 3.48. The highest BCUT2D eigenvalue weighted by Gasteiger charge is 2.16. The molecule has 0 radical (unpaired) electrons. The minimum Gasteiger partial charge on any atom is -0.439 e. The van der Waals surface area contributed by atoms with E-state index >= 15 is 0 Å². The van der Waals surface area contributed by atoms with Crippen LogP contribution >= 0.6 is 0 Å². The minimum atomic E-state index is 0.0468. The maximum atomic E-state index is 5.78. The fourth-order valence-electron chi connectivity index (χ4n) is 2.27. The molecule has 2 aromatic heterocycles. The van der Waals surface area contributed by atoms with Crippen molar-refractivity contribution in [3.05, 3.63) is 60.2 Å². The molecule has 0 aliphatic carbocycles. The van der Waals surface area contributed by atoms with Gasteiger partial charge in [0.1, 0.15) is 5.52 Å². The van der Waals surface area contributed by atoms with Crippen molar-refractivity contribution < 1.29 is 4.42 Å². The number of hydrogen-bond acceptors (Lipinski definition) is 4. The van der Waals surface area contributed by atoms with E-state index < -0.39 is 0 Å². The molecule has 3 rings (SSSR count). The molecule has 3 aromatic rings. The third-order valence-electron chi connectivity index (χ3n) is 3.39. The number of oxazole rings is 1. The topological polar surface area (TPSA) is 51.0 Å². The Morgan fingerprint density at radius 3 is 2.50 bits per heavy atom. The van der Waals surface area contributed by atoms with Crippen LogP contribution in [0.2, 0.25) is 0 Å². The Bertz CT molecular complexity index is 660. The molecule has 2 atom stereocenters. The second-order valence-corrected chi connectivity index (χ2v) is 4.91. The maximum absolute atomic E-state index is 5.78. The largest absolute Gasteiger partial charge is 0.439 e. The van der Waals surface area contributed by atoms with Crippen LogP contribution in [0.5, 0.6) is 0 Å². The van der Waals surface area contributed by atoms with Crippen molar-refractivity contribution in [3.8, 4) is 0 Å². The predicted octanol–water partition coefficient (Wildman–Crippen LogP) is 3.63. The lowest BCUT2D eigenvalue weighted by atomic mass is 10.1. The van der Waals surface area contributed by atoms with Crippen LogP contribution in [0.4, 0.5) is 0 Å². The molecule has 1 N–H and O–H groups in total.